The normalized spacial score (nSPS) is 10.6. The predicted octanol–water partition coefficient (Wildman–Crippen LogP) is 1.63. The highest BCUT2D eigenvalue weighted by atomic mass is 16.1. The maximum absolute atomic E-state index is 10.8. The van der Waals surface area contributed by atoms with E-state index in [4.69, 9.17) is 0 Å². The topological polar surface area (TPSA) is 60.7 Å². The van der Waals surface area contributed by atoms with Gasteiger partial charge in [-0.15, -0.1) is 0 Å². The Hall–Kier alpha value is -2.56. The lowest BCUT2D eigenvalue weighted by atomic mass is 10.3. The SMILES string of the molecule is O=Cc1ncnc2c1cnn2-c1ccccc1. The molecule has 0 saturated heterocycles. The quantitative estimate of drug-likeness (QED) is 0.621. The molecule has 5 heteroatoms. The van der Waals surface area contributed by atoms with Gasteiger partial charge in [-0.1, -0.05) is 18.2 Å². The number of carbonyl (C=O) groups excluding carboxylic acids is 1. The fourth-order valence-corrected chi connectivity index (χ4v) is 1.71. The maximum Gasteiger partial charge on any atom is 0.169 e. The molecule has 2 heterocycles. The van der Waals surface area contributed by atoms with Gasteiger partial charge in [0.2, 0.25) is 0 Å². The van der Waals surface area contributed by atoms with E-state index >= 15 is 0 Å². The van der Waals surface area contributed by atoms with E-state index in [1.807, 2.05) is 30.3 Å². The van der Waals surface area contributed by atoms with E-state index in [1.54, 1.807) is 10.9 Å². The zero-order valence-corrected chi connectivity index (χ0v) is 8.82. The third kappa shape index (κ3) is 1.48. The van der Waals surface area contributed by atoms with Crippen LogP contribution < -0.4 is 0 Å². The molecule has 3 aromatic rings. The molecule has 0 bridgehead atoms. The molecule has 0 aliphatic heterocycles. The van der Waals surface area contributed by atoms with Gasteiger partial charge in [-0.2, -0.15) is 5.10 Å². The van der Waals surface area contributed by atoms with Crippen molar-refractivity contribution >= 4 is 17.3 Å². The first kappa shape index (κ1) is 9.65. The maximum atomic E-state index is 10.8. The zero-order chi connectivity index (χ0) is 11.7. The van der Waals surface area contributed by atoms with Crippen LogP contribution in [0.4, 0.5) is 0 Å². The molecule has 0 N–H and O–H groups in total. The van der Waals surface area contributed by atoms with Gasteiger partial charge in [-0.25, -0.2) is 14.6 Å². The molecule has 0 saturated carbocycles. The van der Waals surface area contributed by atoms with Crippen molar-refractivity contribution in [3.8, 4) is 5.69 Å². The van der Waals surface area contributed by atoms with Crippen LogP contribution in [-0.4, -0.2) is 26.0 Å². The molecule has 0 amide bonds. The molecule has 1 aromatic carbocycles. The lowest BCUT2D eigenvalue weighted by Crippen LogP contribution is -1.98. The van der Waals surface area contributed by atoms with Crippen LogP contribution in [0.5, 0.6) is 0 Å². The average molecular weight is 224 g/mol. The summed E-state index contributed by atoms with van der Waals surface area (Å²) in [6.45, 7) is 0. The minimum atomic E-state index is 0.359. The second kappa shape index (κ2) is 3.79. The predicted molar refractivity (Wildman–Crippen MR) is 62.0 cm³/mol. The fraction of sp³-hybridized carbons (Fsp3) is 0. The number of hydrogen-bond donors (Lipinski definition) is 0. The number of para-hydroxylation sites is 1. The highest BCUT2D eigenvalue weighted by molar-refractivity contribution is 5.92. The number of carbonyl (C=O) groups is 1. The largest absolute Gasteiger partial charge is 0.296 e. The van der Waals surface area contributed by atoms with Crippen LogP contribution in [0.25, 0.3) is 16.7 Å². The van der Waals surface area contributed by atoms with Gasteiger partial charge in [0, 0.05) is 0 Å². The second-order valence-corrected chi connectivity index (χ2v) is 3.51. The summed E-state index contributed by atoms with van der Waals surface area (Å²) in [5.74, 6) is 0. The summed E-state index contributed by atoms with van der Waals surface area (Å²) in [5.41, 5.74) is 1.89. The van der Waals surface area contributed by atoms with Crippen molar-refractivity contribution in [1.29, 1.82) is 0 Å². The van der Waals surface area contributed by atoms with E-state index in [9.17, 15) is 4.79 Å². The summed E-state index contributed by atoms with van der Waals surface area (Å²) in [4.78, 5) is 18.9. The molecule has 0 aliphatic carbocycles. The standard InChI is InChI=1S/C12H8N4O/c17-7-11-10-6-15-16(12(10)14-8-13-11)9-4-2-1-3-5-9/h1-8H. The average Bonchev–Trinajstić information content (AvgIpc) is 2.83. The van der Waals surface area contributed by atoms with Crippen LogP contribution in [0.3, 0.4) is 0 Å². The van der Waals surface area contributed by atoms with Gasteiger partial charge < -0.3 is 0 Å². The number of nitrogens with zero attached hydrogens (tertiary/aromatic N) is 4. The Bertz CT molecular complexity index is 675. The summed E-state index contributed by atoms with van der Waals surface area (Å²) in [6, 6.07) is 9.63. The van der Waals surface area contributed by atoms with Crippen LogP contribution in [0.1, 0.15) is 10.5 Å². The first-order chi connectivity index (χ1) is 8.40. The first-order valence-corrected chi connectivity index (χ1v) is 5.09. The van der Waals surface area contributed by atoms with Gasteiger partial charge in [0.15, 0.2) is 11.9 Å². The molecule has 17 heavy (non-hydrogen) atoms. The van der Waals surface area contributed by atoms with E-state index in [-0.39, 0.29) is 0 Å². The monoisotopic (exact) mass is 224 g/mol. The molecular weight excluding hydrogens is 216 g/mol. The second-order valence-electron chi connectivity index (χ2n) is 3.51. The van der Waals surface area contributed by atoms with Gasteiger partial charge in [0.05, 0.1) is 17.3 Å². The van der Waals surface area contributed by atoms with Crippen LogP contribution in [0, 0.1) is 0 Å². The van der Waals surface area contributed by atoms with Crippen LogP contribution in [0.2, 0.25) is 0 Å². The molecular formula is C12H8N4O. The lowest BCUT2D eigenvalue weighted by Gasteiger charge is -2.01. The third-order valence-corrected chi connectivity index (χ3v) is 2.51. The number of aromatic nitrogens is 4. The minimum absolute atomic E-state index is 0.359. The molecule has 0 unspecified atom stereocenters. The van der Waals surface area contributed by atoms with Gasteiger partial charge >= 0.3 is 0 Å². The number of rotatable bonds is 2. The van der Waals surface area contributed by atoms with Crippen LogP contribution in [0.15, 0.2) is 42.9 Å². The van der Waals surface area contributed by atoms with Crippen molar-refractivity contribution in [3.05, 3.63) is 48.5 Å². The van der Waals surface area contributed by atoms with E-state index in [1.165, 1.54) is 6.33 Å². The number of hydrogen-bond acceptors (Lipinski definition) is 4. The summed E-state index contributed by atoms with van der Waals surface area (Å²) < 4.78 is 1.68. The van der Waals surface area contributed by atoms with Gasteiger partial charge in [-0.05, 0) is 12.1 Å². The van der Waals surface area contributed by atoms with Crippen LogP contribution in [-0.2, 0) is 0 Å². The molecule has 3 rings (SSSR count). The highest BCUT2D eigenvalue weighted by Gasteiger charge is 2.09. The van der Waals surface area contributed by atoms with Crippen molar-refractivity contribution in [3.63, 3.8) is 0 Å². The van der Waals surface area contributed by atoms with Gasteiger partial charge in [0.25, 0.3) is 0 Å². The van der Waals surface area contributed by atoms with Crippen LogP contribution >= 0.6 is 0 Å². The summed E-state index contributed by atoms with van der Waals surface area (Å²) in [6.07, 6.45) is 3.68. The van der Waals surface area contributed by atoms with Crippen molar-refractivity contribution in [2.75, 3.05) is 0 Å². The Morgan fingerprint density at radius 2 is 1.94 bits per heavy atom. The Morgan fingerprint density at radius 1 is 1.12 bits per heavy atom. The smallest absolute Gasteiger partial charge is 0.169 e. The third-order valence-electron chi connectivity index (χ3n) is 2.51. The van der Waals surface area contributed by atoms with Crippen molar-refractivity contribution in [2.24, 2.45) is 0 Å². The molecule has 5 nitrogen and oxygen atoms in total. The lowest BCUT2D eigenvalue weighted by molar-refractivity contribution is 0.112. The molecule has 82 valence electrons. The molecule has 0 atom stereocenters. The number of aldehydes is 1. The van der Waals surface area contributed by atoms with Gasteiger partial charge in [0.1, 0.15) is 12.0 Å². The molecule has 0 aliphatic rings. The van der Waals surface area contributed by atoms with E-state index in [0.717, 1.165) is 5.69 Å². The molecule has 0 spiro atoms. The number of benzene rings is 1. The molecule has 0 fully saturated rings. The summed E-state index contributed by atoms with van der Waals surface area (Å²) in [5, 5.41) is 4.89. The minimum Gasteiger partial charge on any atom is -0.296 e. The van der Waals surface area contributed by atoms with E-state index in [0.29, 0.717) is 23.0 Å². The van der Waals surface area contributed by atoms with Crippen molar-refractivity contribution in [1.82, 2.24) is 19.7 Å². The summed E-state index contributed by atoms with van der Waals surface area (Å²) in [7, 11) is 0. The van der Waals surface area contributed by atoms with Gasteiger partial charge in [-0.3, -0.25) is 4.79 Å². The molecule has 0 radical (unpaired) electrons. The molecule has 2 aromatic heterocycles. The van der Waals surface area contributed by atoms with Crippen molar-refractivity contribution < 1.29 is 4.79 Å². The number of fused-ring (bicyclic) bond motifs is 1. The Labute approximate surface area is 96.7 Å². The Morgan fingerprint density at radius 3 is 2.71 bits per heavy atom. The Balaban J connectivity index is 2.30. The first-order valence-electron chi connectivity index (χ1n) is 5.09. The summed E-state index contributed by atoms with van der Waals surface area (Å²) >= 11 is 0. The van der Waals surface area contributed by atoms with E-state index < -0.39 is 0 Å². The zero-order valence-electron chi connectivity index (χ0n) is 8.82. The fourth-order valence-electron chi connectivity index (χ4n) is 1.71. The van der Waals surface area contributed by atoms with Crippen molar-refractivity contribution in [2.45, 2.75) is 0 Å². The highest BCUT2D eigenvalue weighted by Crippen LogP contribution is 2.16. The Kier molecular flexibility index (Phi) is 2.15. The van der Waals surface area contributed by atoms with E-state index in [2.05, 4.69) is 15.1 Å².